The number of anilines is 1. The van der Waals surface area contributed by atoms with Crippen molar-refractivity contribution in [3.05, 3.63) is 59.7 Å². The Morgan fingerprint density at radius 2 is 1.64 bits per heavy atom. The molecule has 2 aromatic carbocycles. The molecule has 2 aromatic rings. The van der Waals surface area contributed by atoms with E-state index in [-0.39, 0.29) is 11.3 Å². The first-order chi connectivity index (χ1) is 12.8. The molecule has 0 bridgehead atoms. The first-order valence-electron chi connectivity index (χ1n) is 8.11. The molecule has 0 aliphatic heterocycles. The van der Waals surface area contributed by atoms with Crippen molar-refractivity contribution in [1.82, 2.24) is 0 Å². The Labute approximate surface area is 157 Å². The molecule has 0 heterocycles. The number of halogens is 5. The van der Waals surface area contributed by atoms with Crippen molar-refractivity contribution in [2.45, 2.75) is 37.5 Å². The van der Waals surface area contributed by atoms with Crippen LogP contribution in [0.5, 0.6) is 5.75 Å². The Hall–Kier alpha value is -2.68. The number of nitrogens with one attached hydrogen (secondary N) is 1. The maximum Gasteiger partial charge on any atom is 0.426 e. The van der Waals surface area contributed by atoms with Crippen LogP contribution in [0.3, 0.4) is 0 Å². The smallest absolute Gasteiger partial charge is 0.426 e. The quantitative estimate of drug-likeness (QED) is 0.653. The summed E-state index contributed by atoms with van der Waals surface area (Å²) >= 11 is 0. The molecule has 9 heteroatoms. The number of amides is 1. The molecular formula is C19H18F5NO3. The van der Waals surface area contributed by atoms with E-state index in [1.807, 2.05) is 5.32 Å². The molecule has 0 fully saturated rings. The molecule has 2 rings (SSSR count). The standard InChI is InChI=1S/C19H18F5NO3/c1-17(2,14-9-12(21)6-7-15(14)26)10-18(28,19(22,23)24)16(27)25-13-5-3-4-11(20)8-13/h3-9,26,28H,10H2,1-2H3,(H,25,27). The van der Waals surface area contributed by atoms with Crippen LogP contribution in [-0.4, -0.2) is 27.9 Å². The number of phenolic OH excluding ortho intramolecular Hbond substituents is 1. The van der Waals surface area contributed by atoms with Crippen LogP contribution < -0.4 is 5.32 Å². The van der Waals surface area contributed by atoms with E-state index in [9.17, 15) is 37.0 Å². The second-order valence-corrected chi connectivity index (χ2v) is 7.04. The molecule has 3 N–H and O–H groups in total. The molecule has 0 aromatic heterocycles. The minimum atomic E-state index is -5.40. The fourth-order valence-corrected chi connectivity index (χ4v) is 2.90. The van der Waals surface area contributed by atoms with Crippen molar-refractivity contribution in [3.8, 4) is 5.75 Å². The molecule has 4 nitrogen and oxygen atoms in total. The van der Waals surface area contributed by atoms with Gasteiger partial charge in [-0.1, -0.05) is 19.9 Å². The van der Waals surface area contributed by atoms with Crippen LogP contribution in [0.25, 0.3) is 0 Å². The fraction of sp³-hybridized carbons (Fsp3) is 0.316. The van der Waals surface area contributed by atoms with Crippen LogP contribution >= 0.6 is 0 Å². The van der Waals surface area contributed by atoms with E-state index in [0.29, 0.717) is 0 Å². The average molecular weight is 403 g/mol. The van der Waals surface area contributed by atoms with Gasteiger partial charge >= 0.3 is 6.18 Å². The number of carbonyl (C=O) groups excluding carboxylic acids is 1. The monoisotopic (exact) mass is 403 g/mol. The minimum Gasteiger partial charge on any atom is -0.508 e. The molecule has 1 amide bonds. The van der Waals surface area contributed by atoms with E-state index < -0.39 is 46.9 Å². The zero-order chi connectivity index (χ0) is 21.3. The van der Waals surface area contributed by atoms with Gasteiger partial charge in [0.15, 0.2) is 0 Å². The zero-order valence-corrected chi connectivity index (χ0v) is 14.9. The summed E-state index contributed by atoms with van der Waals surface area (Å²) in [7, 11) is 0. The summed E-state index contributed by atoms with van der Waals surface area (Å²) in [6.45, 7) is 2.43. The number of carbonyl (C=O) groups is 1. The average Bonchev–Trinajstić information content (AvgIpc) is 2.55. The molecule has 0 radical (unpaired) electrons. The maximum absolute atomic E-state index is 13.6. The van der Waals surface area contributed by atoms with Crippen LogP contribution in [0.2, 0.25) is 0 Å². The topological polar surface area (TPSA) is 69.6 Å². The summed E-state index contributed by atoms with van der Waals surface area (Å²) in [5, 5.41) is 22.0. The van der Waals surface area contributed by atoms with Crippen LogP contribution in [0.1, 0.15) is 25.8 Å². The molecule has 0 aliphatic rings. The van der Waals surface area contributed by atoms with Gasteiger partial charge in [0.1, 0.15) is 17.4 Å². The molecule has 1 atom stereocenters. The van der Waals surface area contributed by atoms with Crippen molar-refractivity contribution in [2.24, 2.45) is 0 Å². The van der Waals surface area contributed by atoms with Crippen LogP contribution in [-0.2, 0) is 10.2 Å². The van der Waals surface area contributed by atoms with Crippen molar-refractivity contribution in [2.75, 3.05) is 5.32 Å². The van der Waals surface area contributed by atoms with Gasteiger partial charge in [-0.3, -0.25) is 4.79 Å². The van der Waals surface area contributed by atoms with Crippen molar-refractivity contribution in [3.63, 3.8) is 0 Å². The van der Waals surface area contributed by atoms with Crippen molar-refractivity contribution in [1.29, 1.82) is 0 Å². The first kappa shape index (κ1) is 21.6. The molecule has 0 saturated carbocycles. The largest absolute Gasteiger partial charge is 0.508 e. The molecule has 1 unspecified atom stereocenters. The van der Waals surface area contributed by atoms with Gasteiger partial charge in [0, 0.05) is 17.7 Å². The van der Waals surface area contributed by atoms with Gasteiger partial charge in [0.25, 0.3) is 5.91 Å². The van der Waals surface area contributed by atoms with Gasteiger partial charge in [0.05, 0.1) is 0 Å². The lowest BCUT2D eigenvalue weighted by Crippen LogP contribution is -2.57. The Balaban J connectivity index is 2.41. The van der Waals surface area contributed by atoms with Crippen molar-refractivity contribution < 1.29 is 37.0 Å². The summed E-state index contributed by atoms with van der Waals surface area (Å²) < 4.78 is 67.7. The van der Waals surface area contributed by atoms with E-state index in [1.165, 1.54) is 19.9 Å². The second-order valence-electron chi connectivity index (χ2n) is 7.04. The number of phenols is 1. The SMILES string of the molecule is CC(C)(CC(O)(C(=O)Nc1cccc(F)c1)C(F)(F)F)c1cc(F)ccc1O. The normalized spacial score (nSPS) is 14.4. The lowest BCUT2D eigenvalue weighted by Gasteiger charge is -2.36. The Morgan fingerprint density at radius 3 is 2.21 bits per heavy atom. The van der Waals surface area contributed by atoms with Gasteiger partial charge < -0.3 is 15.5 Å². The van der Waals surface area contributed by atoms with E-state index in [1.54, 1.807) is 0 Å². The molecule has 0 saturated heterocycles. The fourth-order valence-electron chi connectivity index (χ4n) is 2.90. The van der Waals surface area contributed by atoms with Crippen LogP contribution in [0.15, 0.2) is 42.5 Å². The van der Waals surface area contributed by atoms with Gasteiger partial charge in [-0.15, -0.1) is 0 Å². The highest BCUT2D eigenvalue weighted by molar-refractivity contribution is 5.98. The third-order valence-corrected chi connectivity index (χ3v) is 4.31. The van der Waals surface area contributed by atoms with Gasteiger partial charge in [-0.25, -0.2) is 8.78 Å². The van der Waals surface area contributed by atoms with Crippen molar-refractivity contribution >= 4 is 11.6 Å². The highest BCUT2D eigenvalue weighted by atomic mass is 19.4. The minimum absolute atomic E-state index is 0.214. The predicted molar refractivity (Wildman–Crippen MR) is 91.7 cm³/mol. The summed E-state index contributed by atoms with van der Waals surface area (Å²) in [5.41, 5.74) is -6.04. The number of benzene rings is 2. The highest BCUT2D eigenvalue weighted by Gasteiger charge is 2.61. The first-order valence-corrected chi connectivity index (χ1v) is 8.11. The molecule has 28 heavy (non-hydrogen) atoms. The molecule has 0 spiro atoms. The Bertz CT molecular complexity index is 882. The zero-order valence-electron chi connectivity index (χ0n) is 14.9. The van der Waals surface area contributed by atoms with Crippen LogP contribution in [0.4, 0.5) is 27.6 Å². The summed E-state index contributed by atoms with van der Waals surface area (Å²) in [6, 6.07) is 6.86. The summed E-state index contributed by atoms with van der Waals surface area (Å²) in [5.74, 6) is -3.91. The van der Waals surface area contributed by atoms with E-state index in [2.05, 4.69) is 0 Å². The van der Waals surface area contributed by atoms with E-state index in [0.717, 1.165) is 36.4 Å². The lowest BCUT2D eigenvalue weighted by atomic mass is 9.74. The van der Waals surface area contributed by atoms with Gasteiger partial charge in [0.2, 0.25) is 5.60 Å². The van der Waals surface area contributed by atoms with Gasteiger partial charge in [-0.2, -0.15) is 13.2 Å². The predicted octanol–water partition coefficient (Wildman–Crippen LogP) is 4.27. The Morgan fingerprint density at radius 1 is 1.04 bits per heavy atom. The number of hydrogen-bond donors (Lipinski definition) is 3. The highest BCUT2D eigenvalue weighted by Crippen LogP contribution is 2.44. The molecule has 152 valence electrons. The van der Waals surface area contributed by atoms with E-state index in [4.69, 9.17) is 0 Å². The number of aliphatic hydroxyl groups is 1. The molecular weight excluding hydrogens is 385 g/mol. The second kappa shape index (κ2) is 7.38. The summed E-state index contributed by atoms with van der Waals surface area (Å²) in [4.78, 5) is 12.3. The third kappa shape index (κ3) is 4.41. The number of aromatic hydroxyl groups is 1. The maximum atomic E-state index is 13.6. The number of rotatable bonds is 5. The van der Waals surface area contributed by atoms with Crippen LogP contribution in [0, 0.1) is 11.6 Å². The Kier molecular flexibility index (Phi) is 5.70. The lowest BCUT2D eigenvalue weighted by molar-refractivity contribution is -0.254. The number of alkyl halides is 3. The molecule has 0 aliphatic carbocycles. The third-order valence-electron chi connectivity index (χ3n) is 4.31. The van der Waals surface area contributed by atoms with E-state index >= 15 is 0 Å². The number of hydrogen-bond acceptors (Lipinski definition) is 3. The summed E-state index contributed by atoms with van der Waals surface area (Å²) in [6.07, 6.45) is -6.62. The van der Waals surface area contributed by atoms with Gasteiger partial charge in [-0.05, 0) is 41.8 Å².